The van der Waals surface area contributed by atoms with Crippen LogP contribution in [0.25, 0.3) is 0 Å². The molecule has 0 aliphatic heterocycles. The molecule has 0 atom stereocenters. The molecular formula is C29H72. The van der Waals surface area contributed by atoms with Gasteiger partial charge in [0.2, 0.25) is 0 Å². The minimum Gasteiger partial charge on any atom is -0.0776 e. The van der Waals surface area contributed by atoms with Crippen molar-refractivity contribution in [2.45, 2.75) is 158 Å². The van der Waals surface area contributed by atoms with Crippen LogP contribution in [0.1, 0.15) is 158 Å². The largest absolute Gasteiger partial charge is 0.0776 e. The Morgan fingerprint density at radius 3 is 0.345 bits per heavy atom. The third-order valence-corrected chi connectivity index (χ3v) is 3.27. The average Bonchev–Trinajstić information content (AvgIpc) is 2.55. The first-order chi connectivity index (χ1) is 12.5. The molecular weight excluding hydrogens is 348 g/mol. The molecule has 0 unspecified atom stereocenters. The van der Waals surface area contributed by atoms with Gasteiger partial charge < -0.3 is 0 Å². The summed E-state index contributed by atoms with van der Waals surface area (Å²) in [6, 6.07) is 0. The van der Waals surface area contributed by atoms with Gasteiger partial charge in [0, 0.05) is 0 Å². The zero-order valence-electron chi connectivity index (χ0n) is 24.3. The number of hydrogen-bond donors (Lipinski definition) is 0. The summed E-state index contributed by atoms with van der Waals surface area (Å²) in [6.07, 6.45) is 5.22. The molecule has 0 amide bonds. The quantitative estimate of drug-likeness (QED) is 0.424. The van der Waals surface area contributed by atoms with Crippen molar-refractivity contribution in [1.29, 1.82) is 0 Å². The number of rotatable bonds is 4. The van der Waals surface area contributed by atoms with E-state index in [1.807, 2.05) is 0 Å². The Hall–Kier alpha value is 0. The van der Waals surface area contributed by atoms with Gasteiger partial charge >= 0.3 is 0 Å². The highest BCUT2D eigenvalue weighted by atomic mass is 13.9. The lowest BCUT2D eigenvalue weighted by molar-refractivity contribution is 0.626. The molecule has 0 spiro atoms. The van der Waals surface area contributed by atoms with E-state index in [1.54, 1.807) is 0 Å². The Kier molecular flexibility index (Phi) is 68.3. The Bertz CT molecular complexity index is 141. The van der Waals surface area contributed by atoms with Crippen LogP contribution in [0.2, 0.25) is 0 Å². The van der Waals surface area contributed by atoms with E-state index >= 15 is 0 Å². The second-order valence-electron chi connectivity index (χ2n) is 10.7. The average molecular weight is 421 g/mol. The van der Waals surface area contributed by atoms with Gasteiger partial charge in [-0.05, 0) is 35.5 Å². The standard InChI is InChI=1S/4C5H12.2C4H10.CH4/c4*1-4-5(2)3;2*1-4(2)3;/h4*5H,4H2,1-3H3;2*4H,1-3H3;1H4. The fraction of sp³-hybridized carbons (Fsp3) is 1.00. The first kappa shape index (κ1) is 47.0. The smallest absolute Gasteiger partial charge is 0.0474 e. The fourth-order valence-corrected chi connectivity index (χ4v) is 0. The van der Waals surface area contributed by atoms with Gasteiger partial charge in [0.1, 0.15) is 0 Å². The predicted octanol–water partition coefficient (Wildman–Crippen LogP) is 12.2. The van der Waals surface area contributed by atoms with Gasteiger partial charge in [-0.15, -0.1) is 0 Å². The Labute approximate surface area is 193 Å². The second kappa shape index (κ2) is 42.2. The van der Waals surface area contributed by atoms with E-state index in [9.17, 15) is 0 Å². The summed E-state index contributed by atoms with van der Waals surface area (Å²) in [4.78, 5) is 0. The maximum atomic E-state index is 2.22. The first-order valence-corrected chi connectivity index (χ1v) is 12.5. The van der Waals surface area contributed by atoms with E-state index < -0.39 is 0 Å². The topological polar surface area (TPSA) is 0 Å². The minimum absolute atomic E-state index is 0. The van der Waals surface area contributed by atoms with Gasteiger partial charge in [-0.1, -0.05) is 158 Å². The van der Waals surface area contributed by atoms with Crippen molar-refractivity contribution in [1.82, 2.24) is 0 Å². The van der Waals surface area contributed by atoms with Crippen LogP contribution in [-0.4, -0.2) is 0 Å². The van der Waals surface area contributed by atoms with Gasteiger partial charge in [-0.3, -0.25) is 0 Å². The SMILES string of the molecule is C.CC(C)C.CC(C)C.CCC(C)C.CCC(C)C.CCC(C)C.CCC(C)C. The highest BCUT2D eigenvalue weighted by molar-refractivity contribution is 4.34. The monoisotopic (exact) mass is 421 g/mol. The van der Waals surface area contributed by atoms with Crippen molar-refractivity contribution < 1.29 is 0 Å². The summed E-state index contributed by atoms with van der Waals surface area (Å²) in [7, 11) is 0. The van der Waals surface area contributed by atoms with Gasteiger partial charge in [0.25, 0.3) is 0 Å². The summed E-state index contributed by atoms with van der Waals surface area (Å²) in [5.41, 5.74) is 0. The van der Waals surface area contributed by atoms with Crippen molar-refractivity contribution in [2.24, 2.45) is 35.5 Å². The van der Waals surface area contributed by atoms with Crippen molar-refractivity contribution in [2.75, 3.05) is 0 Å². The summed E-state index contributed by atoms with van der Waals surface area (Å²) < 4.78 is 0. The molecule has 0 fully saturated rings. The zero-order chi connectivity index (χ0) is 24.3. The van der Waals surface area contributed by atoms with Crippen molar-refractivity contribution >= 4 is 0 Å². The summed E-state index contributed by atoms with van der Waals surface area (Å²) in [6.45, 7) is 39.6. The lowest BCUT2D eigenvalue weighted by Gasteiger charge is -1.90. The zero-order valence-corrected chi connectivity index (χ0v) is 24.3. The van der Waals surface area contributed by atoms with Crippen LogP contribution in [0.5, 0.6) is 0 Å². The van der Waals surface area contributed by atoms with E-state index in [4.69, 9.17) is 0 Å². The number of hydrogen-bond acceptors (Lipinski definition) is 0. The van der Waals surface area contributed by atoms with Gasteiger partial charge in [0.15, 0.2) is 0 Å². The Morgan fingerprint density at radius 1 is 0.310 bits per heavy atom. The van der Waals surface area contributed by atoms with Crippen LogP contribution in [-0.2, 0) is 0 Å². The molecule has 0 saturated heterocycles. The summed E-state index contributed by atoms with van der Waals surface area (Å²) in [5, 5.41) is 0. The summed E-state index contributed by atoms with van der Waals surface area (Å²) >= 11 is 0. The van der Waals surface area contributed by atoms with E-state index in [0.717, 1.165) is 35.5 Å². The fourth-order valence-electron chi connectivity index (χ4n) is 0. The van der Waals surface area contributed by atoms with Crippen LogP contribution >= 0.6 is 0 Å². The molecule has 0 aliphatic rings. The molecule has 0 aromatic heterocycles. The predicted molar refractivity (Wildman–Crippen MR) is 148 cm³/mol. The van der Waals surface area contributed by atoms with Gasteiger partial charge in [-0.25, -0.2) is 0 Å². The molecule has 188 valence electrons. The highest BCUT2D eigenvalue weighted by Gasteiger charge is 1.81. The van der Waals surface area contributed by atoms with Gasteiger partial charge in [0.05, 0.1) is 0 Å². The molecule has 0 aromatic rings. The first-order valence-electron chi connectivity index (χ1n) is 12.5. The van der Waals surface area contributed by atoms with Crippen LogP contribution in [0, 0.1) is 35.5 Å². The highest BCUT2D eigenvalue weighted by Crippen LogP contribution is 1.95. The molecule has 0 bridgehead atoms. The lowest BCUT2D eigenvalue weighted by atomic mass is 10.2. The van der Waals surface area contributed by atoms with Crippen molar-refractivity contribution in [3.63, 3.8) is 0 Å². The molecule has 0 aromatic carbocycles. The molecule has 29 heavy (non-hydrogen) atoms. The molecule has 0 nitrogen and oxygen atoms in total. The van der Waals surface area contributed by atoms with E-state index in [0.29, 0.717) is 0 Å². The molecule has 0 aliphatic carbocycles. The molecule has 0 rings (SSSR count). The molecule has 0 N–H and O–H groups in total. The van der Waals surface area contributed by atoms with Crippen molar-refractivity contribution in [3.8, 4) is 0 Å². The molecule has 0 radical (unpaired) electrons. The lowest BCUT2D eigenvalue weighted by Crippen LogP contribution is -1.77. The second-order valence-corrected chi connectivity index (χ2v) is 10.7. The third kappa shape index (κ3) is 296. The van der Waals surface area contributed by atoms with E-state index in [1.165, 1.54) is 25.7 Å². The van der Waals surface area contributed by atoms with Crippen LogP contribution < -0.4 is 0 Å². The molecule has 0 saturated carbocycles. The molecule has 0 heteroatoms. The Morgan fingerprint density at radius 2 is 0.345 bits per heavy atom. The maximum absolute atomic E-state index is 2.22. The van der Waals surface area contributed by atoms with Crippen molar-refractivity contribution in [3.05, 3.63) is 0 Å². The third-order valence-electron chi connectivity index (χ3n) is 3.27. The van der Waals surface area contributed by atoms with Gasteiger partial charge in [-0.2, -0.15) is 0 Å². The van der Waals surface area contributed by atoms with Crippen LogP contribution in [0.4, 0.5) is 0 Å². The summed E-state index contributed by atoms with van der Waals surface area (Å²) in [5.74, 6) is 5.20. The minimum atomic E-state index is 0. The van der Waals surface area contributed by atoms with Crippen LogP contribution in [0.15, 0.2) is 0 Å². The molecule has 0 heterocycles. The van der Waals surface area contributed by atoms with E-state index in [-0.39, 0.29) is 7.43 Å². The van der Waals surface area contributed by atoms with Crippen LogP contribution in [0.3, 0.4) is 0 Å². The normalized spacial score (nSPS) is 9.10. The van der Waals surface area contributed by atoms with E-state index in [2.05, 4.69) is 125 Å². The maximum Gasteiger partial charge on any atom is -0.0474 e. The Balaban J connectivity index is -0.0000000399.